The minimum Gasteiger partial charge on any atom is -0.467 e. The number of esters is 1. The molecule has 0 saturated carbocycles. The van der Waals surface area contributed by atoms with Crippen molar-refractivity contribution in [1.82, 2.24) is 15.1 Å². The minimum absolute atomic E-state index is 0.365. The molecular formula is C19H16BrN3O3. The van der Waals surface area contributed by atoms with Crippen LogP contribution in [0.15, 0.2) is 71.5 Å². The molecule has 3 aromatic rings. The van der Waals surface area contributed by atoms with E-state index in [0.29, 0.717) is 11.1 Å². The Morgan fingerprint density at radius 3 is 2.38 bits per heavy atom. The predicted molar refractivity (Wildman–Crippen MR) is 99.9 cm³/mol. The van der Waals surface area contributed by atoms with Crippen LogP contribution in [-0.4, -0.2) is 28.8 Å². The minimum atomic E-state index is -0.883. The van der Waals surface area contributed by atoms with Crippen LogP contribution in [0.4, 0.5) is 0 Å². The molecule has 7 heteroatoms. The number of carbonyl (C=O) groups excluding carboxylic acids is 2. The van der Waals surface area contributed by atoms with Crippen LogP contribution >= 0.6 is 15.9 Å². The highest BCUT2D eigenvalue weighted by Gasteiger charge is 2.24. The van der Waals surface area contributed by atoms with Crippen LogP contribution in [0.1, 0.15) is 22.0 Å². The highest BCUT2D eigenvalue weighted by atomic mass is 79.9. The summed E-state index contributed by atoms with van der Waals surface area (Å²) >= 11 is 3.35. The Labute approximate surface area is 158 Å². The summed E-state index contributed by atoms with van der Waals surface area (Å²) in [7, 11) is 1.29. The number of carbonyl (C=O) groups is 2. The van der Waals surface area contributed by atoms with Crippen molar-refractivity contribution in [3.8, 4) is 5.69 Å². The van der Waals surface area contributed by atoms with E-state index < -0.39 is 12.0 Å². The van der Waals surface area contributed by atoms with Crippen LogP contribution in [0.25, 0.3) is 5.69 Å². The van der Waals surface area contributed by atoms with Gasteiger partial charge in [-0.3, -0.25) is 4.79 Å². The normalized spacial score (nSPS) is 11.6. The van der Waals surface area contributed by atoms with E-state index in [4.69, 9.17) is 4.74 Å². The van der Waals surface area contributed by atoms with Gasteiger partial charge < -0.3 is 10.1 Å². The fourth-order valence-electron chi connectivity index (χ4n) is 2.45. The van der Waals surface area contributed by atoms with Crippen molar-refractivity contribution in [2.75, 3.05) is 7.11 Å². The van der Waals surface area contributed by atoms with Gasteiger partial charge in [-0.05, 0) is 48.0 Å². The van der Waals surface area contributed by atoms with Crippen molar-refractivity contribution >= 4 is 27.8 Å². The maximum absolute atomic E-state index is 12.6. The van der Waals surface area contributed by atoms with Gasteiger partial charge >= 0.3 is 5.97 Å². The lowest BCUT2D eigenvalue weighted by molar-refractivity contribution is -0.143. The summed E-state index contributed by atoms with van der Waals surface area (Å²) in [4.78, 5) is 24.7. The van der Waals surface area contributed by atoms with Gasteiger partial charge in [-0.2, -0.15) is 5.10 Å². The van der Waals surface area contributed by atoms with E-state index in [2.05, 4.69) is 26.3 Å². The predicted octanol–water partition coefficient (Wildman–Crippen LogP) is 3.28. The second kappa shape index (κ2) is 7.97. The van der Waals surface area contributed by atoms with E-state index in [-0.39, 0.29) is 5.91 Å². The van der Waals surface area contributed by atoms with Gasteiger partial charge in [0.2, 0.25) is 0 Å². The first-order valence-electron chi connectivity index (χ1n) is 7.83. The van der Waals surface area contributed by atoms with Crippen LogP contribution < -0.4 is 5.32 Å². The van der Waals surface area contributed by atoms with Gasteiger partial charge in [0.1, 0.15) is 0 Å². The zero-order chi connectivity index (χ0) is 18.5. The number of amides is 1. The third-order valence-corrected chi connectivity index (χ3v) is 4.34. The number of nitrogens with one attached hydrogen (secondary N) is 1. The summed E-state index contributed by atoms with van der Waals surface area (Å²) in [6.07, 6.45) is 3.50. The van der Waals surface area contributed by atoms with Crippen LogP contribution in [0, 0.1) is 0 Å². The lowest BCUT2D eigenvalue weighted by Gasteiger charge is -2.17. The molecule has 1 atom stereocenters. The van der Waals surface area contributed by atoms with E-state index in [0.717, 1.165) is 10.2 Å². The topological polar surface area (TPSA) is 73.2 Å². The molecule has 0 spiro atoms. The molecule has 132 valence electrons. The summed E-state index contributed by atoms with van der Waals surface area (Å²) in [5.74, 6) is -0.899. The highest BCUT2D eigenvalue weighted by molar-refractivity contribution is 9.10. The van der Waals surface area contributed by atoms with E-state index in [9.17, 15) is 9.59 Å². The van der Waals surface area contributed by atoms with Crippen molar-refractivity contribution in [1.29, 1.82) is 0 Å². The number of methoxy groups -OCH3 is 1. The second-order valence-corrected chi connectivity index (χ2v) is 6.39. The molecule has 1 amide bonds. The Balaban J connectivity index is 1.79. The van der Waals surface area contributed by atoms with E-state index >= 15 is 0 Å². The third-order valence-electron chi connectivity index (χ3n) is 3.81. The Morgan fingerprint density at radius 2 is 1.81 bits per heavy atom. The van der Waals surface area contributed by atoms with Crippen LogP contribution in [0.5, 0.6) is 0 Å². The zero-order valence-electron chi connectivity index (χ0n) is 13.9. The number of benzene rings is 2. The van der Waals surface area contributed by atoms with Gasteiger partial charge in [0.25, 0.3) is 5.91 Å². The molecule has 1 aromatic heterocycles. The monoisotopic (exact) mass is 413 g/mol. The lowest BCUT2D eigenvalue weighted by atomic mass is 10.1. The first kappa shape index (κ1) is 17.9. The zero-order valence-corrected chi connectivity index (χ0v) is 15.5. The van der Waals surface area contributed by atoms with Crippen molar-refractivity contribution < 1.29 is 14.3 Å². The summed E-state index contributed by atoms with van der Waals surface area (Å²) in [5.41, 5.74) is 1.91. The van der Waals surface area contributed by atoms with Gasteiger partial charge in [0.05, 0.1) is 12.8 Å². The van der Waals surface area contributed by atoms with Crippen molar-refractivity contribution in [3.63, 3.8) is 0 Å². The number of aromatic nitrogens is 2. The lowest BCUT2D eigenvalue weighted by Crippen LogP contribution is -2.34. The average Bonchev–Trinajstić information content (AvgIpc) is 3.21. The molecule has 0 aliphatic rings. The quantitative estimate of drug-likeness (QED) is 0.651. The molecule has 1 N–H and O–H groups in total. The van der Waals surface area contributed by atoms with Gasteiger partial charge in [-0.15, -0.1) is 0 Å². The molecular weight excluding hydrogens is 398 g/mol. The number of rotatable bonds is 5. The highest BCUT2D eigenvalue weighted by Crippen LogP contribution is 2.19. The summed E-state index contributed by atoms with van der Waals surface area (Å²) < 4.78 is 7.40. The summed E-state index contributed by atoms with van der Waals surface area (Å²) in [5, 5.41) is 6.86. The van der Waals surface area contributed by atoms with Gasteiger partial charge in [-0.25, -0.2) is 9.48 Å². The van der Waals surface area contributed by atoms with Crippen LogP contribution in [0.2, 0.25) is 0 Å². The largest absolute Gasteiger partial charge is 0.467 e. The molecule has 0 saturated heterocycles. The molecule has 0 aliphatic heterocycles. The number of nitrogens with zero attached hydrogens (tertiary/aromatic N) is 2. The van der Waals surface area contributed by atoms with Gasteiger partial charge in [0, 0.05) is 22.4 Å². The van der Waals surface area contributed by atoms with Crippen LogP contribution in [0.3, 0.4) is 0 Å². The molecule has 0 fully saturated rings. The number of ether oxygens (including phenoxy) is 1. The maximum Gasteiger partial charge on any atom is 0.333 e. The molecule has 26 heavy (non-hydrogen) atoms. The van der Waals surface area contributed by atoms with E-state index in [1.165, 1.54) is 7.11 Å². The molecule has 3 rings (SSSR count). The number of hydrogen-bond acceptors (Lipinski definition) is 4. The number of hydrogen-bond donors (Lipinski definition) is 1. The molecule has 1 heterocycles. The third kappa shape index (κ3) is 4.00. The Hall–Kier alpha value is -2.93. The molecule has 0 unspecified atom stereocenters. The standard InChI is InChI=1S/C19H16BrN3O3/c1-26-19(25)17(13-3-7-15(20)8-4-13)22-18(24)14-5-9-16(10-6-14)23-12-2-11-21-23/h2-12,17H,1H3,(H,22,24)/t17-/m1/s1. The average molecular weight is 414 g/mol. The fraction of sp³-hybridized carbons (Fsp3) is 0.105. The second-order valence-electron chi connectivity index (χ2n) is 5.48. The van der Waals surface area contributed by atoms with Gasteiger partial charge in [-0.1, -0.05) is 28.1 Å². The molecule has 0 aliphatic carbocycles. The van der Waals surface area contributed by atoms with Crippen LogP contribution in [-0.2, 0) is 9.53 Å². The van der Waals surface area contributed by atoms with Crippen molar-refractivity contribution in [3.05, 3.63) is 82.6 Å². The van der Waals surface area contributed by atoms with Crippen molar-refractivity contribution in [2.24, 2.45) is 0 Å². The SMILES string of the molecule is COC(=O)[C@H](NC(=O)c1ccc(-n2cccn2)cc1)c1ccc(Br)cc1. The van der Waals surface area contributed by atoms with E-state index in [1.54, 1.807) is 59.4 Å². The summed E-state index contributed by atoms with van der Waals surface area (Å²) in [6, 6.07) is 15.0. The smallest absolute Gasteiger partial charge is 0.333 e. The van der Waals surface area contributed by atoms with E-state index in [1.807, 2.05) is 12.3 Å². The first-order valence-corrected chi connectivity index (χ1v) is 8.62. The molecule has 0 radical (unpaired) electrons. The van der Waals surface area contributed by atoms with Crippen molar-refractivity contribution in [2.45, 2.75) is 6.04 Å². The fourth-order valence-corrected chi connectivity index (χ4v) is 2.72. The Morgan fingerprint density at radius 1 is 1.12 bits per heavy atom. The first-order chi connectivity index (χ1) is 12.6. The Bertz CT molecular complexity index is 891. The molecule has 2 aromatic carbocycles. The molecule has 0 bridgehead atoms. The summed E-state index contributed by atoms with van der Waals surface area (Å²) in [6.45, 7) is 0. The van der Waals surface area contributed by atoms with Gasteiger partial charge in [0.15, 0.2) is 6.04 Å². The Kier molecular flexibility index (Phi) is 5.48. The maximum atomic E-state index is 12.6. The number of halogens is 1. The molecule has 6 nitrogen and oxygen atoms in total.